The van der Waals surface area contributed by atoms with Gasteiger partial charge in [0, 0.05) is 49.7 Å². The molecular weight excluding hydrogens is 396 g/mol. The fourth-order valence-electron chi connectivity index (χ4n) is 3.65. The molecular formula is C20H19F2N5OS. The van der Waals surface area contributed by atoms with E-state index in [0.717, 1.165) is 50.5 Å². The second kappa shape index (κ2) is 8.68. The highest BCUT2D eigenvalue weighted by atomic mass is 32.1. The van der Waals surface area contributed by atoms with Crippen molar-refractivity contribution < 1.29 is 13.5 Å². The van der Waals surface area contributed by atoms with E-state index in [2.05, 4.69) is 36.0 Å². The van der Waals surface area contributed by atoms with Gasteiger partial charge in [0.1, 0.15) is 11.8 Å². The van der Waals surface area contributed by atoms with Gasteiger partial charge in [-0.25, -0.2) is 4.98 Å². The van der Waals surface area contributed by atoms with E-state index in [0.29, 0.717) is 16.5 Å². The largest absolute Gasteiger partial charge is 0.435 e. The van der Waals surface area contributed by atoms with E-state index in [4.69, 9.17) is 0 Å². The topological polar surface area (TPSA) is 65.3 Å². The fraction of sp³-hybridized carbons (Fsp3) is 0.350. The van der Waals surface area contributed by atoms with Gasteiger partial charge in [0.25, 0.3) is 0 Å². The summed E-state index contributed by atoms with van der Waals surface area (Å²) in [6.07, 6.45) is 2.47. The smallest absolute Gasteiger partial charge is 0.387 e. The van der Waals surface area contributed by atoms with Crippen molar-refractivity contribution in [3.05, 3.63) is 46.5 Å². The molecule has 0 spiro atoms. The quantitative estimate of drug-likeness (QED) is 0.630. The van der Waals surface area contributed by atoms with Crippen LogP contribution in [0.4, 0.5) is 14.5 Å². The highest BCUT2D eigenvalue weighted by molar-refractivity contribution is 7.07. The van der Waals surface area contributed by atoms with Crippen LogP contribution in [-0.4, -0.2) is 47.7 Å². The Morgan fingerprint density at radius 1 is 1.21 bits per heavy atom. The second-order valence-corrected chi connectivity index (χ2v) is 7.50. The predicted molar refractivity (Wildman–Crippen MR) is 107 cm³/mol. The van der Waals surface area contributed by atoms with E-state index in [1.807, 2.05) is 5.51 Å². The second-order valence-electron chi connectivity index (χ2n) is 6.79. The minimum atomic E-state index is -2.90. The summed E-state index contributed by atoms with van der Waals surface area (Å²) < 4.78 is 29.9. The number of nitrogens with zero attached hydrogens (tertiary/aromatic N) is 5. The molecule has 0 bridgehead atoms. The third kappa shape index (κ3) is 4.44. The van der Waals surface area contributed by atoms with Crippen LogP contribution in [0.1, 0.15) is 17.7 Å². The maximum Gasteiger partial charge on any atom is 0.387 e. The number of alkyl halides is 2. The van der Waals surface area contributed by atoms with Crippen LogP contribution in [0.2, 0.25) is 0 Å². The van der Waals surface area contributed by atoms with Crippen molar-refractivity contribution >= 4 is 27.9 Å². The van der Waals surface area contributed by atoms with Gasteiger partial charge < -0.3 is 9.64 Å². The fourth-order valence-corrected chi connectivity index (χ4v) is 4.20. The molecule has 1 aliphatic rings. The first kappa shape index (κ1) is 19.5. The number of anilines is 1. The molecule has 1 aromatic carbocycles. The standard InChI is InChI=1S/C20H19F2N5OS/c21-20(22)28-16-2-3-18-17(8-16)19(14(9-23)10-24-18)27-5-1-4-26(6-7-27)11-15-12-29-13-25-15/h2-3,8,10,12-13,20H,1,4-7,11H2. The van der Waals surface area contributed by atoms with E-state index in [1.165, 1.54) is 6.07 Å². The predicted octanol–water partition coefficient (Wildman–Crippen LogP) is 3.88. The lowest BCUT2D eigenvalue weighted by molar-refractivity contribution is -0.0497. The summed E-state index contributed by atoms with van der Waals surface area (Å²) in [7, 11) is 0. The summed E-state index contributed by atoms with van der Waals surface area (Å²) in [5.41, 5.74) is 4.70. The van der Waals surface area contributed by atoms with Gasteiger partial charge in [0.2, 0.25) is 0 Å². The Kier molecular flexibility index (Phi) is 5.83. The minimum absolute atomic E-state index is 0.0608. The number of nitriles is 1. The molecule has 0 saturated carbocycles. The average Bonchev–Trinajstić information content (AvgIpc) is 3.11. The van der Waals surface area contributed by atoms with Gasteiger partial charge in [-0.2, -0.15) is 14.0 Å². The van der Waals surface area contributed by atoms with Gasteiger partial charge in [-0.1, -0.05) is 0 Å². The van der Waals surface area contributed by atoms with Crippen molar-refractivity contribution in [2.45, 2.75) is 19.6 Å². The van der Waals surface area contributed by atoms with Crippen LogP contribution in [0.25, 0.3) is 10.9 Å². The third-order valence-corrected chi connectivity index (χ3v) is 5.57. The summed E-state index contributed by atoms with van der Waals surface area (Å²) in [4.78, 5) is 13.2. The molecule has 1 saturated heterocycles. The highest BCUT2D eigenvalue weighted by Gasteiger charge is 2.21. The molecule has 0 aliphatic carbocycles. The summed E-state index contributed by atoms with van der Waals surface area (Å²) in [6, 6.07) is 6.85. The number of benzene rings is 1. The zero-order chi connectivity index (χ0) is 20.2. The lowest BCUT2D eigenvalue weighted by Crippen LogP contribution is -2.31. The molecule has 6 nitrogen and oxygen atoms in total. The van der Waals surface area contributed by atoms with Gasteiger partial charge in [0.05, 0.1) is 28.0 Å². The first-order valence-corrected chi connectivity index (χ1v) is 10.2. The Morgan fingerprint density at radius 2 is 2.10 bits per heavy atom. The van der Waals surface area contributed by atoms with E-state index in [1.54, 1.807) is 29.7 Å². The van der Waals surface area contributed by atoms with Gasteiger partial charge in [0.15, 0.2) is 0 Å². The SMILES string of the molecule is N#Cc1cnc2ccc(OC(F)F)cc2c1N1CCCN(Cc2cscn2)CC1. The number of hydrogen-bond acceptors (Lipinski definition) is 7. The molecule has 0 amide bonds. The van der Waals surface area contributed by atoms with E-state index in [-0.39, 0.29) is 5.75 Å². The molecule has 4 rings (SSSR count). The lowest BCUT2D eigenvalue weighted by atomic mass is 10.1. The van der Waals surface area contributed by atoms with Crippen LogP contribution in [0.5, 0.6) is 5.75 Å². The molecule has 0 N–H and O–H groups in total. The van der Waals surface area contributed by atoms with Crippen molar-refractivity contribution in [2.24, 2.45) is 0 Å². The zero-order valence-electron chi connectivity index (χ0n) is 15.6. The monoisotopic (exact) mass is 415 g/mol. The van der Waals surface area contributed by atoms with Crippen LogP contribution < -0.4 is 9.64 Å². The van der Waals surface area contributed by atoms with Crippen LogP contribution in [0, 0.1) is 11.3 Å². The molecule has 0 atom stereocenters. The van der Waals surface area contributed by atoms with Crippen LogP contribution in [0.15, 0.2) is 35.3 Å². The molecule has 1 fully saturated rings. The summed E-state index contributed by atoms with van der Waals surface area (Å²) >= 11 is 1.59. The maximum atomic E-state index is 12.7. The lowest BCUT2D eigenvalue weighted by Gasteiger charge is -2.26. The highest BCUT2D eigenvalue weighted by Crippen LogP contribution is 2.33. The van der Waals surface area contributed by atoms with Gasteiger partial charge in [-0.15, -0.1) is 11.3 Å². The zero-order valence-corrected chi connectivity index (χ0v) is 16.4. The van der Waals surface area contributed by atoms with Gasteiger partial charge in [-0.05, 0) is 24.6 Å². The van der Waals surface area contributed by atoms with E-state index < -0.39 is 6.61 Å². The third-order valence-electron chi connectivity index (χ3n) is 4.93. The molecule has 150 valence electrons. The number of thiazole rings is 1. The number of hydrogen-bond donors (Lipinski definition) is 0. The van der Waals surface area contributed by atoms with Crippen molar-refractivity contribution in [2.75, 3.05) is 31.1 Å². The van der Waals surface area contributed by atoms with Gasteiger partial charge in [-0.3, -0.25) is 9.88 Å². The van der Waals surface area contributed by atoms with E-state index >= 15 is 0 Å². The van der Waals surface area contributed by atoms with Gasteiger partial charge >= 0.3 is 6.61 Å². The molecule has 0 radical (unpaired) electrons. The molecule has 29 heavy (non-hydrogen) atoms. The molecule has 3 heterocycles. The van der Waals surface area contributed by atoms with Crippen molar-refractivity contribution in [3.63, 3.8) is 0 Å². The van der Waals surface area contributed by atoms with Crippen LogP contribution in [-0.2, 0) is 6.54 Å². The minimum Gasteiger partial charge on any atom is -0.435 e. The first-order valence-electron chi connectivity index (χ1n) is 9.26. The number of rotatable bonds is 5. The van der Waals surface area contributed by atoms with E-state index in [9.17, 15) is 14.0 Å². The summed E-state index contributed by atoms with van der Waals surface area (Å²) in [5.74, 6) is 0.0608. The molecule has 1 aliphatic heterocycles. The Labute approximate surface area is 171 Å². The van der Waals surface area contributed by atoms with Crippen molar-refractivity contribution in [3.8, 4) is 11.8 Å². The average molecular weight is 415 g/mol. The normalized spacial score (nSPS) is 15.4. The first-order chi connectivity index (χ1) is 14.1. The Balaban J connectivity index is 1.63. The summed E-state index contributed by atoms with van der Waals surface area (Å²) in [5, 5.41) is 12.3. The summed E-state index contributed by atoms with van der Waals surface area (Å²) in [6.45, 7) is 1.13. The molecule has 3 aromatic rings. The Bertz CT molecular complexity index is 1020. The number of halogens is 2. The number of aromatic nitrogens is 2. The van der Waals surface area contributed by atoms with Crippen LogP contribution >= 0.6 is 11.3 Å². The maximum absolute atomic E-state index is 12.7. The van der Waals surface area contributed by atoms with Crippen molar-refractivity contribution in [1.29, 1.82) is 5.26 Å². The Morgan fingerprint density at radius 3 is 2.86 bits per heavy atom. The van der Waals surface area contributed by atoms with Crippen molar-refractivity contribution in [1.82, 2.24) is 14.9 Å². The molecule has 9 heteroatoms. The number of ether oxygens (including phenoxy) is 1. The Hall–Kier alpha value is -2.83. The number of fused-ring (bicyclic) bond motifs is 1. The molecule has 0 unspecified atom stereocenters. The van der Waals surface area contributed by atoms with Crippen LogP contribution in [0.3, 0.4) is 0 Å². The number of pyridine rings is 1. The molecule has 2 aromatic heterocycles.